The van der Waals surface area contributed by atoms with Gasteiger partial charge in [-0.15, -0.1) is 9.78 Å². The highest BCUT2D eigenvalue weighted by Gasteiger charge is 2.18. The molecule has 0 unspecified atom stereocenters. The monoisotopic (exact) mass is 449 g/mol. The average molecular weight is 450 g/mol. The summed E-state index contributed by atoms with van der Waals surface area (Å²) in [4.78, 5) is 37.1. The van der Waals surface area contributed by atoms with Crippen LogP contribution in [0.2, 0.25) is 0 Å². The zero-order chi connectivity index (χ0) is 23.8. The van der Waals surface area contributed by atoms with Crippen LogP contribution in [0.1, 0.15) is 78.9 Å². The summed E-state index contributed by atoms with van der Waals surface area (Å²) in [5, 5.41) is 13.8. The van der Waals surface area contributed by atoms with Crippen molar-refractivity contribution in [2.24, 2.45) is 0 Å². The summed E-state index contributed by atoms with van der Waals surface area (Å²) < 4.78 is 2.61. The molecule has 0 saturated heterocycles. The van der Waals surface area contributed by atoms with Gasteiger partial charge in [0.25, 0.3) is 5.91 Å². The zero-order valence-corrected chi connectivity index (χ0v) is 19.3. The van der Waals surface area contributed by atoms with E-state index in [1.165, 1.54) is 0 Å². The number of nitrogens with zero attached hydrogens (tertiary/aromatic N) is 3. The highest BCUT2D eigenvalue weighted by Crippen LogP contribution is 2.24. The SMILES string of the molecule is CCCCCc1nn(C(=O)CCCC)c(=O)n1Cc1ccc(-c2ccccc2C(=O)O)cc1. The molecule has 1 N–H and O–H groups in total. The molecular formula is C26H31N3O4. The van der Waals surface area contributed by atoms with Gasteiger partial charge in [-0.1, -0.05) is 75.6 Å². The Balaban J connectivity index is 1.88. The molecule has 0 aliphatic heterocycles. The minimum atomic E-state index is -0.974. The van der Waals surface area contributed by atoms with Crippen LogP contribution < -0.4 is 5.69 Å². The van der Waals surface area contributed by atoms with Crippen molar-refractivity contribution in [2.45, 2.75) is 65.3 Å². The standard InChI is InChI=1S/C26H31N3O4/c1-3-5-7-12-23-27-29(24(30)13-6-4-2)26(33)28(23)18-19-14-16-20(17-15-19)21-10-8-9-11-22(21)25(31)32/h8-11,14-17H,3-7,12-13,18H2,1-2H3,(H,31,32). The van der Waals surface area contributed by atoms with E-state index in [2.05, 4.69) is 12.0 Å². The van der Waals surface area contributed by atoms with Crippen molar-refractivity contribution >= 4 is 11.9 Å². The molecule has 0 radical (unpaired) electrons. The Morgan fingerprint density at radius 1 is 0.939 bits per heavy atom. The van der Waals surface area contributed by atoms with E-state index in [-0.39, 0.29) is 11.5 Å². The highest BCUT2D eigenvalue weighted by atomic mass is 16.4. The lowest BCUT2D eigenvalue weighted by Crippen LogP contribution is -2.30. The van der Waals surface area contributed by atoms with Crippen LogP contribution in [0.4, 0.5) is 0 Å². The van der Waals surface area contributed by atoms with Gasteiger partial charge in [-0.2, -0.15) is 0 Å². The van der Waals surface area contributed by atoms with Gasteiger partial charge in [-0.3, -0.25) is 9.36 Å². The lowest BCUT2D eigenvalue weighted by Gasteiger charge is -2.09. The second-order valence-electron chi connectivity index (χ2n) is 8.20. The molecule has 0 amide bonds. The minimum absolute atomic E-state index is 0.242. The third-order valence-electron chi connectivity index (χ3n) is 5.69. The molecule has 0 aliphatic rings. The van der Waals surface area contributed by atoms with Crippen molar-refractivity contribution in [3.63, 3.8) is 0 Å². The van der Waals surface area contributed by atoms with Crippen LogP contribution in [0.3, 0.4) is 0 Å². The van der Waals surface area contributed by atoms with Gasteiger partial charge in [0.2, 0.25) is 0 Å². The van der Waals surface area contributed by atoms with Crippen molar-refractivity contribution < 1.29 is 14.7 Å². The molecule has 1 heterocycles. The van der Waals surface area contributed by atoms with E-state index < -0.39 is 11.7 Å². The van der Waals surface area contributed by atoms with E-state index in [0.717, 1.165) is 47.9 Å². The van der Waals surface area contributed by atoms with E-state index >= 15 is 0 Å². The maximum absolute atomic E-state index is 13.0. The maximum Gasteiger partial charge on any atom is 0.353 e. The van der Waals surface area contributed by atoms with E-state index in [4.69, 9.17) is 0 Å². The second kappa shape index (κ2) is 11.4. The third kappa shape index (κ3) is 5.86. The number of aromatic nitrogens is 3. The first kappa shape index (κ1) is 24.2. The Hall–Kier alpha value is -3.48. The fraction of sp³-hybridized carbons (Fsp3) is 0.385. The summed E-state index contributed by atoms with van der Waals surface area (Å²) in [5.41, 5.74) is 2.15. The van der Waals surface area contributed by atoms with Crippen LogP contribution in [0.15, 0.2) is 53.3 Å². The lowest BCUT2D eigenvalue weighted by atomic mass is 9.99. The molecule has 3 aromatic rings. The molecule has 0 fully saturated rings. The van der Waals surface area contributed by atoms with E-state index in [9.17, 15) is 19.5 Å². The van der Waals surface area contributed by atoms with Gasteiger partial charge in [-0.25, -0.2) is 9.59 Å². The van der Waals surface area contributed by atoms with Crippen molar-refractivity contribution in [2.75, 3.05) is 0 Å². The zero-order valence-electron chi connectivity index (χ0n) is 19.3. The Morgan fingerprint density at radius 2 is 1.64 bits per heavy atom. The summed E-state index contributed by atoms with van der Waals surface area (Å²) in [6.45, 7) is 4.43. The number of aryl methyl sites for hydroxylation is 1. The van der Waals surface area contributed by atoms with Gasteiger partial charge in [0.1, 0.15) is 5.82 Å². The van der Waals surface area contributed by atoms with Crippen LogP contribution in [0.25, 0.3) is 11.1 Å². The van der Waals surface area contributed by atoms with Crippen LogP contribution in [-0.4, -0.2) is 31.3 Å². The molecule has 7 heteroatoms. The summed E-state index contributed by atoms with van der Waals surface area (Å²) in [6.07, 6.45) is 5.54. The molecular weight excluding hydrogens is 418 g/mol. The van der Waals surface area contributed by atoms with Crippen LogP contribution in [-0.2, 0) is 13.0 Å². The van der Waals surface area contributed by atoms with Crippen molar-refractivity contribution in [1.82, 2.24) is 14.3 Å². The van der Waals surface area contributed by atoms with Gasteiger partial charge >= 0.3 is 11.7 Å². The van der Waals surface area contributed by atoms with Crippen LogP contribution in [0.5, 0.6) is 0 Å². The van der Waals surface area contributed by atoms with Gasteiger partial charge < -0.3 is 5.11 Å². The lowest BCUT2D eigenvalue weighted by molar-refractivity contribution is 0.0697. The summed E-state index contributed by atoms with van der Waals surface area (Å²) in [7, 11) is 0. The van der Waals surface area contributed by atoms with E-state index in [1.807, 2.05) is 37.3 Å². The quantitative estimate of drug-likeness (QED) is 0.415. The largest absolute Gasteiger partial charge is 0.478 e. The molecule has 2 aromatic carbocycles. The predicted molar refractivity (Wildman–Crippen MR) is 128 cm³/mol. The molecule has 3 rings (SSSR count). The first-order valence-electron chi connectivity index (χ1n) is 11.6. The fourth-order valence-electron chi connectivity index (χ4n) is 3.80. The normalized spacial score (nSPS) is 11.0. The fourth-order valence-corrected chi connectivity index (χ4v) is 3.80. The number of carbonyl (C=O) groups is 2. The molecule has 1 aromatic heterocycles. The highest BCUT2D eigenvalue weighted by molar-refractivity contribution is 5.96. The third-order valence-corrected chi connectivity index (χ3v) is 5.69. The second-order valence-corrected chi connectivity index (χ2v) is 8.20. The first-order valence-corrected chi connectivity index (χ1v) is 11.6. The summed E-state index contributed by atoms with van der Waals surface area (Å²) >= 11 is 0. The Kier molecular flexibility index (Phi) is 8.35. The Morgan fingerprint density at radius 3 is 2.30 bits per heavy atom. The molecule has 0 bridgehead atoms. The summed E-state index contributed by atoms with van der Waals surface area (Å²) in [5.74, 6) is -0.616. The van der Waals surface area contributed by atoms with Gasteiger partial charge in [0, 0.05) is 12.8 Å². The summed E-state index contributed by atoms with van der Waals surface area (Å²) in [6, 6.07) is 14.3. The van der Waals surface area contributed by atoms with Gasteiger partial charge in [-0.05, 0) is 35.6 Å². The molecule has 33 heavy (non-hydrogen) atoms. The number of rotatable bonds is 11. The number of aromatic carboxylic acids is 1. The average Bonchev–Trinajstić information content (AvgIpc) is 3.13. The molecule has 0 saturated carbocycles. The molecule has 0 aliphatic carbocycles. The number of hydrogen-bond donors (Lipinski definition) is 1. The number of carbonyl (C=O) groups excluding carboxylic acids is 1. The topological polar surface area (TPSA) is 94.2 Å². The number of hydrogen-bond acceptors (Lipinski definition) is 4. The van der Waals surface area contributed by atoms with Gasteiger partial charge in [0.15, 0.2) is 0 Å². The minimum Gasteiger partial charge on any atom is -0.478 e. The molecule has 174 valence electrons. The van der Waals surface area contributed by atoms with Crippen molar-refractivity contribution in [1.29, 1.82) is 0 Å². The van der Waals surface area contributed by atoms with E-state index in [0.29, 0.717) is 30.8 Å². The van der Waals surface area contributed by atoms with E-state index in [1.54, 1.807) is 22.8 Å². The molecule has 0 spiro atoms. The molecule has 0 atom stereocenters. The number of benzene rings is 2. The Bertz CT molecular complexity index is 1160. The van der Waals surface area contributed by atoms with Crippen molar-refractivity contribution in [3.8, 4) is 11.1 Å². The smallest absolute Gasteiger partial charge is 0.353 e. The number of carboxylic acid groups (broad SMARTS) is 1. The maximum atomic E-state index is 13.0. The van der Waals surface area contributed by atoms with Crippen LogP contribution >= 0.6 is 0 Å². The Labute approximate surface area is 193 Å². The van der Waals surface area contributed by atoms with Gasteiger partial charge in [0.05, 0.1) is 12.1 Å². The number of carboxylic acids is 1. The predicted octanol–water partition coefficient (Wildman–Crippen LogP) is 5.02. The first-order chi connectivity index (χ1) is 16.0. The number of unbranched alkanes of at least 4 members (excludes halogenated alkanes) is 3. The molecule has 7 nitrogen and oxygen atoms in total. The van der Waals surface area contributed by atoms with Crippen LogP contribution in [0, 0.1) is 0 Å². The van der Waals surface area contributed by atoms with Crippen molar-refractivity contribution in [3.05, 3.63) is 76.0 Å².